The first-order valence-electron chi connectivity index (χ1n) is 15.2. The molecule has 0 spiro atoms. The second-order valence-corrected chi connectivity index (χ2v) is 13.6. The Labute approximate surface area is 254 Å². The van der Waals surface area contributed by atoms with E-state index in [-0.39, 0.29) is 48.6 Å². The Hall–Kier alpha value is -1.47. The maximum atomic E-state index is 12.9. The predicted octanol–water partition coefficient (Wildman–Crippen LogP) is 2.99. The molecule has 11 nitrogen and oxygen atoms in total. The molecule has 0 radical (unpaired) electrons. The van der Waals surface area contributed by atoms with Crippen LogP contribution in [0.2, 0.25) is 0 Å². The van der Waals surface area contributed by atoms with Crippen LogP contribution in [0, 0.1) is 5.41 Å². The Bertz CT molecular complexity index is 794. The van der Waals surface area contributed by atoms with Crippen molar-refractivity contribution in [2.75, 3.05) is 65.9 Å². The molecule has 1 unspecified atom stereocenters. The van der Waals surface area contributed by atoms with Gasteiger partial charge in [0.2, 0.25) is 0 Å². The minimum atomic E-state index is -0.952. The molecule has 0 aromatic heterocycles. The molecule has 0 saturated carbocycles. The second kappa shape index (κ2) is 19.7. The zero-order valence-electron chi connectivity index (χ0n) is 28.1. The van der Waals surface area contributed by atoms with E-state index in [1.807, 2.05) is 34.6 Å². The highest BCUT2D eigenvalue weighted by molar-refractivity contribution is 5.89. The minimum absolute atomic E-state index is 0.0199. The van der Waals surface area contributed by atoms with Gasteiger partial charge >= 0.3 is 5.97 Å². The molecule has 0 saturated heterocycles. The van der Waals surface area contributed by atoms with Crippen molar-refractivity contribution in [3.05, 3.63) is 0 Å². The number of hydrogen-bond donors (Lipinski definition) is 4. The van der Waals surface area contributed by atoms with Crippen LogP contribution in [0.25, 0.3) is 0 Å². The number of carbonyl (C=O) groups is 3. The van der Waals surface area contributed by atoms with Gasteiger partial charge in [0.25, 0.3) is 0 Å². The van der Waals surface area contributed by atoms with Crippen molar-refractivity contribution in [1.29, 1.82) is 0 Å². The summed E-state index contributed by atoms with van der Waals surface area (Å²) in [5.41, 5.74) is -1.88. The molecule has 0 aliphatic carbocycles. The average molecular weight is 604 g/mol. The number of rotatable bonds is 26. The average Bonchev–Trinajstić information content (AvgIpc) is 2.85. The van der Waals surface area contributed by atoms with Crippen LogP contribution in [-0.4, -0.2) is 111 Å². The molecule has 0 heterocycles. The van der Waals surface area contributed by atoms with Crippen LogP contribution < -0.4 is 16.0 Å². The van der Waals surface area contributed by atoms with Crippen LogP contribution in [0.3, 0.4) is 0 Å². The largest absolute Gasteiger partial charge is 0.480 e. The Balaban J connectivity index is 4.23. The van der Waals surface area contributed by atoms with Crippen molar-refractivity contribution in [3.63, 3.8) is 0 Å². The number of carbonyl (C=O) groups excluding carboxylic acids is 2. The Kier molecular flexibility index (Phi) is 19.0. The van der Waals surface area contributed by atoms with Crippen LogP contribution in [0.5, 0.6) is 0 Å². The third-order valence-electron chi connectivity index (χ3n) is 6.70. The number of carboxylic acid groups (broad SMARTS) is 1. The summed E-state index contributed by atoms with van der Waals surface area (Å²) in [4.78, 5) is 37.2. The normalized spacial score (nSPS) is 13.8. The molecular weight excluding hydrogens is 542 g/mol. The lowest BCUT2D eigenvalue weighted by atomic mass is 9.81. The van der Waals surface area contributed by atoms with Crippen molar-refractivity contribution in [2.45, 2.75) is 111 Å². The molecule has 1 atom stereocenters. The number of ether oxygens (including phenoxy) is 4. The summed E-state index contributed by atoms with van der Waals surface area (Å²) in [5, 5.41) is 19.3. The van der Waals surface area contributed by atoms with E-state index >= 15 is 0 Å². The van der Waals surface area contributed by atoms with Gasteiger partial charge in [0.15, 0.2) is 11.6 Å². The fourth-order valence-electron chi connectivity index (χ4n) is 4.69. The van der Waals surface area contributed by atoms with E-state index in [2.05, 4.69) is 36.7 Å². The number of nitrogens with one attached hydrogen (secondary N) is 3. The smallest absolute Gasteiger partial charge is 0.320 e. The molecule has 11 heteroatoms. The molecule has 0 aliphatic heterocycles. The van der Waals surface area contributed by atoms with Gasteiger partial charge in [0.1, 0.15) is 12.6 Å². The van der Waals surface area contributed by atoms with Gasteiger partial charge in [-0.25, -0.2) is 0 Å². The van der Waals surface area contributed by atoms with Crippen molar-refractivity contribution in [3.8, 4) is 0 Å². The van der Waals surface area contributed by atoms with Crippen molar-refractivity contribution in [2.24, 2.45) is 5.41 Å². The first kappa shape index (κ1) is 40.5. The number of carboxylic acids is 1. The van der Waals surface area contributed by atoms with Gasteiger partial charge in [-0.1, -0.05) is 20.8 Å². The maximum absolute atomic E-state index is 12.9. The standard InChI is InChI=1S/C31H61N3O8/c1-11-39-18-19-40-17-15-33-31(9,10)26(36)22-42-21-20-41-16-14-32-30(7,8)25(35)13-12-24(27(37)38)34-29(5,6)23-28(2,3)4/h24,32-34H,11-23H2,1-10H3,(H,37,38). The van der Waals surface area contributed by atoms with Gasteiger partial charge in [-0.3, -0.25) is 19.7 Å². The van der Waals surface area contributed by atoms with Gasteiger partial charge in [0.05, 0.1) is 50.7 Å². The van der Waals surface area contributed by atoms with E-state index in [9.17, 15) is 19.5 Å². The summed E-state index contributed by atoms with van der Waals surface area (Å²) in [5.74, 6) is -1.07. The summed E-state index contributed by atoms with van der Waals surface area (Å²) in [7, 11) is 0. The Morgan fingerprint density at radius 2 is 1.17 bits per heavy atom. The monoisotopic (exact) mass is 603 g/mol. The first-order chi connectivity index (χ1) is 19.3. The summed E-state index contributed by atoms with van der Waals surface area (Å²) in [6.45, 7) is 23.7. The fraction of sp³-hybridized carbons (Fsp3) is 0.903. The van der Waals surface area contributed by atoms with Crippen LogP contribution in [0.15, 0.2) is 0 Å². The topological polar surface area (TPSA) is 144 Å². The van der Waals surface area contributed by atoms with Gasteiger partial charge < -0.3 is 34.7 Å². The van der Waals surface area contributed by atoms with Crippen LogP contribution >= 0.6 is 0 Å². The fourth-order valence-corrected chi connectivity index (χ4v) is 4.69. The lowest BCUT2D eigenvalue weighted by Gasteiger charge is -2.36. The van der Waals surface area contributed by atoms with Gasteiger partial charge in [-0.2, -0.15) is 0 Å². The van der Waals surface area contributed by atoms with Crippen LogP contribution in [-0.2, 0) is 33.3 Å². The lowest BCUT2D eigenvalue weighted by molar-refractivity contribution is -0.140. The summed E-state index contributed by atoms with van der Waals surface area (Å²) < 4.78 is 21.7. The van der Waals surface area contributed by atoms with E-state index in [1.54, 1.807) is 13.8 Å². The maximum Gasteiger partial charge on any atom is 0.320 e. The molecule has 0 bridgehead atoms. The van der Waals surface area contributed by atoms with E-state index in [4.69, 9.17) is 18.9 Å². The summed E-state index contributed by atoms with van der Waals surface area (Å²) in [6.07, 6.45) is 1.16. The van der Waals surface area contributed by atoms with Crippen molar-refractivity contribution in [1.82, 2.24) is 16.0 Å². The quantitative estimate of drug-likeness (QED) is 0.108. The molecule has 248 valence electrons. The zero-order chi connectivity index (χ0) is 32.5. The van der Waals surface area contributed by atoms with E-state index in [0.29, 0.717) is 52.7 Å². The molecule has 0 aromatic rings. The molecule has 0 fully saturated rings. The molecule has 0 amide bonds. The summed E-state index contributed by atoms with van der Waals surface area (Å²) in [6, 6.07) is -0.802. The second-order valence-electron chi connectivity index (χ2n) is 13.6. The zero-order valence-corrected chi connectivity index (χ0v) is 28.1. The Morgan fingerprint density at radius 3 is 1.64 bits per heavy atom. The Morgan fingerprint density at radius 1 is 0.690 bits per heavy atom. The van der Waals surface area contributed by atoms with Gasteiger partial charge in [-0.05, 0) is 66.7 Å². The minimum Gasteiger partial charge on any atom is -0.480 e. The SMILES string of the molecule is CCOCCOCCNC(C)(C)C(=O)COCCOCCNC(C)(C)C(=O)CCC(NC(C)(C)CC(C)(C)C)C(=O)O. The molecule has 0 rings (SSSR count). The van der Waals surface area contributed by atoms with E-state index in [1.165, 1.54) is 0 Å². The highest BCUT2D eigenvalue weighted by Gasteiger charge is 2.33. The molecule has 42 heavy (non-hydrogen) atoms. The van der Waals surface area contributed by atoms with Crippen molar-refractivity contribution < 1.29 is 38.4 Å². The number of Topliss-reactive ketones (excluding diaryl/α,β-unsaturated/α-hetero) is 2. The molecule has 0 aromatic carbocycles. The lowest BCUT2D eigenvalue weighted by Crippen LogP contribution is -2.52. The summed E-state index contributed by atoms with van der Waals surface area (Å²) >= 11 is 0. The van der Waals surface area contributed by atoms with Gasteiger partial charge in [0, 0.05) is 31.7 Å². The number of aliphatic carboxylic acids is 1. The third-order valence-corrected chi connectivity index (χ3v) is 6.70. The van der Waals surface area contributed by atoms with Crippen LogP contribution in [0.1, 0.15) is 88.5 Å². The van der Waals surface area contributed by atoms with Crippen LogP contribution in [0.4, 0.5) is 0 Å². The molecule has 0 aliphatic rings. The number of ketones is 2. The number of hydrogen-bond acceptors (Lipinski definition) is 10. The van der Waals surface area contributed by atoms with Gasteiger partial charge in [-0.15, -0.1) is 0 Å². The van der Waals surface area contributed by atoms with Crippen molar-refractivity contribution >= 4 is 17.5 Å². The molecule has 4 N–H and O–H groups in total. The first-order valence-corrected chi connectivity index (χ1v) is 15.2. The van der Waals surface area contributed by atoms with E-state index < -0.39 is 23.1 Å². The highest BCUT2D eigenvalue weighted by Crippen LogP contribution is 2.27. The van der Waals surface area contributed by atoms with E-state index in [0.717, 1.165) is 6.42 Å². The predicted molar refractivity (Wildman–Crippen MR) is 165 cm³/mol. The highest BCUT2D eigenvalue weighted by atomic mass is 16.5. The third kappa shape index (κ3) is 19.7. The molecular formula is C31H61N3O8.